The molecule has 0 radical (unpaired) electrons. The van der Waals surface area contributed by atoms with Gasteiger partial charge in [-0.05, 0) is 12.5 Å². The van der Waals surface area contributed by atoms with Gasteiger partial charge in [0, 0.05) is 17.2 Å². The van der Waals surface area contributed by atoms with Crippen molar-refractivity contribution in [2.24, 2.45) is 5.73 Å². The van der Waals surface area contributed by atoms with Crippen molar-refractivity contribution in [3.63, 3.8) is 0 Å². The molecule has 0 aliphatic carbocycles. The van der Waals surface area contributed by atoms with E-state index >= 15 is 0 Å². The van der Waals surface area contributed by atoms with E-state index in [0.29, 0.717) is 0 Å². The van der Waals surface area contributed by atoms with Crippen molar-refractivity contribution in [1.82, 2.24) is 9.78 Å². The zero-order chi connectivity index (χ0) is 14.2. The first-order valence-electron chi connectivity index (χ1n) is 6.26. The number of aryl methyl sites for hydroxylation is 1. The molecule has 1 aromatic carbocycles. The Labute approximate surface area is 113 Å². The molecule has 0 bridgehead atoms. The van der Waals surface area contributed by atoms with Crippen LogP contribution in [0.2, 0.25) is 0 Å². The maximum Gasteiger partial charge on any atom is 0.339 e. The highest BCUT2D eigenvalue weighted by Crippen LogP contribution is 2.32. The van der Waals surface area contributed by atoms with E-state index in [2.05, 4.69) is 31.9 Å². The molecule has 0 saturated carbocycles. The van der Waals surface area contributed by atoms with Gasteiger partial charge in [-0.15, -0.1) is 0 Å². The Morgan fingerprint density at radius 3 is 2.53 bits per heavy atom. The summed E-state index contributed by atoms with van der Waals surface area (Å²) in [4.78, 5) is 11.3. The molecule has 0 fully saturated rings. The topological polar surface area (TPSA) is 60.9 Å². The first-order chi connectivity index (χ1) is 8.79. The van der Waals surface area contributed by atoms with E-state index in [9.17, 15) is 4.79 Å². The second kappa shape index (κ2) is 4.53. The Kier molecular flexibility index (Phi) is 3.18. The third-order valence-corrected chi connectivity index (χ3v) is 2.98. The fourth-order valence-electron chi connectivity index (χ4n) is 2.06. The summed E-state index contributed by atoms with van der Waals surface area (Å²) in [6.07, 6.45) is 1.71. The highest BCUT2D eigenvalue weighted by atomic mass is 16.2. The summed E-state index contributed by atoms with van der Waals surface area (Å²) in [7, 11) is 0. The molecule has 2 rings (SSSR count). The van der Waals surface area contributed by atoms with Crippen LogP contribution in [0, 0.1) is 6.92 Å². The summed E-state index contributed by atoms with van der Waals surface area (Å²) >= 11 is 0. The average Bonchev–Trinajstić information content (AvgIpc) is 2.73. The van der Waals surface area contributed by atoms with E-state index in [1.807, 2.05) is 25.1 Å². The predicted molar refractivity (Wildman–Crippen MR) is 76.1 cm³/mol. The van der Waals surface area contributed by atoms with Crippen LogP contribution in [0.3, 0.4) is 0 Å². The number of hydrogen-bond acceptors (Lipinski definition) is 2. The van der Waals surface area contributed by atoms with Crippen LogP contribution in [0.5, 0.6) is 0 Å². The molecule has 0 saturated heterocycles. The monoisotopic (exact) mass is 257 g/mol. The van der Waals surface area contributed by atoms with E-state index in [0.717, 1.165) is 16.8 Å². The molecule has 0 unspecified atom stereocenters. The molecule has 100 valence electrons. The number of nitrogens with zero attached hydrogens (tertiary/aromatic N) is 2. The largest absolute Gasteiger partial charge is 0.350 e. The van der Waals surface area contributed by atoms with Crippen LogP contribution in [-0.4, -0.2) is 15.8 Å². The minimum absolute atomic E-state index is 0.153. The molecule has 4 nitrogen and oxygen atoms in total. The molecule has 2 aromatic rings. The Morgan fingerprint density at radius 1 is 1.32 bits per heavy atom. The molecule has 1 amide bonds. The molecular weight excluding hydrogens is 238 g/mol. The molecule has 0 spiro atoms. The highest BCUT2D eigenvalue weighted by molar-refractivity contribution is 5.77. The lowest BCUT2D eigenvalue weighted by molar-refractivity contribution is 0.247. The normalized spacial score (nSPS) is 11.6. The summed E-state index contributed by atoms with van der Waals surface area (Å²) in [5.74, 6) is 0. The molecule has 2 N–H and O–H groups in total. The molecule has 4 heteroatoms. The lowest BCUT2D eigenvalue weighted by atomic mass is 9.87. The van der Waals surface area contributed by atoms with Gasteiger partial charge in [-0.25, -0.2) is 4.79 Å². The van der Waals surface area contributed by atoms with Crippen LogP contribution in [0.25, 0.3) is 11.1 Å². The van der Waals surface area contributed by atoms with Gasteiger partial charge in [0.15, 0.2) is 0 Å². The first-order valence-corrected chi connectivity index (χ1v) is 6.26. The number of primary amides is 1. The summed E-state index contributed by atoms with van der Waals surface area (Å²) in [6, 6.07) is 7.57. The molecule has 0 aliphatic heterocycles. The maximum atomic E-state index is 11.3. The van der Waals surface area contributed by atoms with Crippen molar-refractivity contribution < 1.29 is 4.79 Å². The van der Waals surface area contributed by atoms with Crippen LogP contribution < -0.4 is 5.73 Å². The number of amides is 1. The summed E-state index contributed by atoms with van der Waals surface area (Å²) in [5, 5.41) is 4.33. The molecule has 0 aliphatic rings. The zero-order valence-electron chi connectivity index (χ0n) is 11.8. The third-order valence-electron chi connectivity index (χ3n) is 2.98. The van der Waals surface area contributed by atoms with Crippen molar-refractivity contribution in [2.45, 2.75) is 33.1 Å². The standard InChI is InChI=1S/C15H19N3O/c1-10-6-5-7-11(8-10)12-9-18(14(16)19)17-13(12)15(2,3)4/h5-9H,1-4H3,(H2,16,19). The minimum atomic E-state index is -0.565. The predicted octanol–water partition coefficient (Wildman–Crippen LogP) is 3.08. The van der Waals surface area contributed by atoms with Gasteiger partial charge < -0.3 is 5.73 Å². The number of aromatic nitrogens is 2. The van der Waals surface area contributed by atoms with Gasteiger partial charge in [0.1, 0.15) is 0 Å². The van der Waals surface area contributed by atoms with Gasteiger partial charge in [-0.3, -0.25) is 0 Å². The van der Waals surface area contributed by atoms with Gasteiger partial charge >= 0.3 is 6.03 Å². The van der Waals surface area contributed by atoms with Crippen molar-refractivity contribution in [3.05, 3.63) is 41.7 Å². The lowest BCUT2D eigenvalue weighted by Crippen LogP contribution is -2.21. The fraction of sp³-hybridized carbons (Fsp3) is 0.333. The van der Waals surface area contributed by atoms with E-state index < -0.39 is 6.03 Å². The Morgan fingerprint density at radius 2 is 2.00 bits per heavy atom. The second-order valence-electron chi connectivity index (χ2n) is 5.79. The molecular formula is C15H19N3O. The quantitative estimate of drug-likeness (QED) is 0.853. The van der Waals surface area contributed by atoms with Crippen LogP contribution in [0.15, 0.2) is 30.5 Å². The van der Waals surface area contributed by atoms with Gasteiger partial charge in [0.2, 0.25) is 0 Å². The van der Waals surface area contributed by atoms with Crippen LogP contribution in [-0.2, 0) is 5.41 Å². The molecule has 1 heterocycles. The van der Waals surface area contributed by atoms with Crippen LogP contribution in [0.1, 0.15) is 32.0 Å². The summed E-state index contributed by atoms with van der Waals surface area (Å²) < 4.78 is 1.21. The molecule has 1 aromatic heterocycles. The average molecular weight is 257 g/mol. The van der Waals surface area contributed by atoms with Crippen molar-refractivity contribution >= 4 is 6.03 Å². The van der Waals surface area contributed by atoms with E-state index in [-0.39, 0.29) is 5.41 Å². The van der Waals surface area contributed by atoms with Gasteiger partial charge in [0.25, 0.3) is 0 Å². The van der Waals surface area contributed by atoms with E-state index in [1.165, 1.54) is 10.2 Å². The van der Waals surface area contributed by atoms with Crippen LogP contribution >= 0.6 is 0 Å². The maximum absolute atomic E-state index is 11.3. The second-order valence-corrected chi connectivity index (χ2v) is 5.79. The van der Waals surface area contributed by atoms with Gasteiger partial charge in [-0.1, -0.05) is 50.6 Å². The zero-order valence-corrected chi connectivity index (χ0v) is 11.8. The van der Waals surface area contributed by atoms with Crippen molar-refractivity contribution in [1.29, 1.82) is 0 Å². The fourth-order valence-corrected chi connectivity index (χ4v) is 2.06. The Hall–Kier alpha value is -2.10. The van der Waals surface area contributed by atoms with E-state index in [4.69, 9.17) is 5.73 Å². The summed E-state index contributed by atoms with van der Waals surface area (Å²) in [6.45, 7) is 8.25. The number of benzene rings is 1. The lowest BCUT2D eigenvalue weighted by Gasteiger charge is -2.17. The SMILES string of the molecule is Cc1cccc(-c2cn(C(N)=O)nc2C(C)(C)C)c1. The number of hydrogen-bond donors (Lipinski definition) is 1. The first kappa shape index (κ1) is 13.3. The molecule has 19 heavy (non-hydrogen) atoms. The molecule has 0 atom stereocenters. The van der Waals surface area contributed by atoms with E-state index in [1.54, 1.807) is 6.20 Å². The van der Waals surface area contributed by atoms with Gasteiger partial charge in [-0.2, -0.15) is 9.78 Å². The Bertz CT molecular complexity index is 621. The Balaban J connectivity index is 2.64. The number of carbonyl (C=O) groups excluding carboxylic acids is 1. The number of nitrogens with two attached hydrogens (primary N) is 1. The number of carbonyl (C=O) groups is 1. The number of rotatable bonds is 1. The minimum Gasteiger partial charge on any atom is -0.350 e. The van der Waals surface area contributed by atoms with Crippen molar-refractivity contribution in [2.75, 3.05) is 0 Å². The van der Waals surface area contributed by atoms with Crippen LogP contribution in [0.4, 0.5) is 4.79 Å². The van der Waals surface area contributed by atoms with Gasteiger partial charge in [0.05, 0.1) is 5.69 Å². The third kappa shape index (κ3) is 2.67. The smallest absolute Gasteiger partial charge is 0.339 e. The van der Waals surface area contributed by atoms with Crippen molar-refractivity contribution in [3.8, 4) is 11.1 Å². The highest BCUT2D eigenvalue weighted by Gasteiger charge is 2.24. The summed E-state index contributed by atoms with van der Waals surface area (Å²) in [5.41, 5.74) is 9.21.